The van der Waals surface area contributed by atoms with Crippen molar-refractivity contribution in [2.75, 3.05) is 76.6 Å². The minimum absolute atomic E-state index is 0.0169. The van der Waals surface area contributed by atoms with E-state index in [-0.39, 0.29) is 11.2 Å². The maximum absolute atomic E-state index is 11.8. The molecule has 0 fully saturated rings. The molecule has 0 saturated carbocycles. The minimum atomic E-state index is -0.176. The molecule has 0 heterocycles. The number of thioether (sulfide) groups is 2. The normalized spacial score (nSPS) is 12.3. The van der Waals surface area contributed by atoms with Crippen molar-refractivity contribution >= 4 is 45.4 Å². The molecule has 0 aromatic carbocycles. The number of hydrogen-bond acceptors (Lipinski definition) is 7. The summed E-state index contributed by atoms with van der Waals surface area (Å²) in [4.78, 5) is 11.8. The first kappa shape index (κ1) is 23.5. The van der Waals surface area contributed by atoms with Crippen LogP contribution in [0.25, 0.3) is 0 Å². The molecule has 0 aromatic rings. The molecule has 23 heavy (non-hydrogen) atoms. The van der Waals surface area contributed by atoms with Crippen molar-refractivity contribution in [3.63, 3.8) is 0 Å². The van der Waals surface area contributed by atoms with E-state index in [1.54, 1.807) is 11.8 Å². The number of carbonyl (C=O) groups excluding carboxylic acids is 1. The van der Waals surface area contributed by atoms with Crippen LogP contribution in [0.4, 0.5) is 0 Å². The van der Waals surface area contributed by atoms with Crippen molar-refractivity contribution < 1.29 is 23.7 Å². The highest BCUT2D eigenvalue weighted by Crippen LogP contribution is 2.07. The first-order chi connectivity index (χ1) is 11.3. The average Bonchev–Trinajstić information content (AvgIpc) is 2.57. The number of hydrogen-bond donors (Lipinski definition) is 1. The topological polar surface area (TPSA) is 66.0 Å². The van der Waals surface area contributed by atoms with Gasteiger partial charge in [0.1, 0.15) is 5.25 Å². The second-order valence-electron chi connectivity index (χ2n) is 4.30. The van der Waals surface area contributed by atoms with E-state index in [2.05, 4.69) is 21.2 Å². The molecule has 1 amide bonds. The van der Waals surface area contributed by atoms with Gasteiger partial charge in [0.15, 0.2) is 0 Å². The van der Waals surface area contributed by atoms with Gasteiger partial charge in [-0.1, -0.05) is 15.9 Å². The Kier molecular flexibility index (Phi) is 19.2. The monoisotopic (exact) mass is 433 g/mol. The summed E-state index contributed by atoms with van der Waals surface area (Å²) in [5.74, 6) is 0.642. The number of amides is 1. The third kappa shape index (κ3) is 15.7. The van der Waals surface area contributed by atoms with Crippen LogP contribution in [0, 0.1) is 0 Å². The van der Waals surface area contributed by atoms with Crippen LogP contribution in [0.3, 0.4) is 0 Å². The zero-order chi connectivity index (χ0) is 17.2. The lowest BCUT2D eigenvalue weighted by Gasteiger charge is -2.14. The summed E-state index contributed by atoms with van der Waals surface area (Å²) in [5.41, 5.74) is 0. The first-order valence-corrected chi connectivity index (χ1v) is 11.2. The summed E-state index contributed by atoms with van der Waals surface area (Å²) >= 11 is 6.35. The van der Waals surface area contributed by atoms with Gasteiger partial charge in [-0.05, 0) is 12.5 Å². The maximum atomic E-state index is 11.8. The van der Waals surface area contributed by atoms with Gasteiger partial charge in [-0.3, -0.25) is 4.79 Å². The summed E-state index contributed by atoms with van der Waals surface area (Å²) in [6.45, 7) is 4.31. The molecule has 0 aliphatic rings. The standard InChI is InChI=1S/C14H28BrNO5S2/c1-22-12-16-14(17)13(23-2)11-21-10-9-20-8-7-19-6-5-18-4-3-15/h13H,3-12H2,1-2H3,(H,16,17). The quantitative estimate of drug-likeness (QED) is 0.212. The molecule has 0 radical (unpaired) electrons. The molecule has 9 heteroatoms. The molecule has 138 valence electrons. The molecule has 1 atom stereocenters. The molecule has 0 spiro atoms. The average molecular weight is 434 g/mol. The Hall–Kier alpha value is 0.490. The lowest BCUT2D eigenvalue weighted by atomic mass is 10.4. The van der Waals surface area contributed by atoms with Crippen LogP contribution in [0.5, 0.6) is 0 Å². The molecule has 0 bridgehead atoms. The van der Waals surface area contributed by atoms with Crippen LogP contribution >= 0.6 is 39.5 Å². The number of carbonyl (C=O) groups is 1. The smallest absolute Gasteiger partial charge is 0.236 e. The molecule has 0 rings (SSSR count). The van der Waals surface area contributed by atoms with Crippen molar-refractivity contribution in [1.29, 1.82) is 0 Å². The molecule has 0 aromatic heterocycles. The van der Waals surface area contributed by atoms with Gasteiger partial charge < -0.3 is 24.3 Å². The molecular formula is C14H28BrNO5S2. The highest BCUT2D eigenvalue weighted by atomic mass is 79.9. The molecular weight excluding hydrogens is 406 g/mol. The summed E-state index contributed by atoms with van der Waals surface area (Å²) in [6.07, 6.45) is 3.85. The van der Waals surface area contributed by atoms with Gasteiger partial charge in [0.25, 0.3) is 0 Å². The molecule has 0 saturated heterocycles. The Morgan fingerprint density at radius 1 is 0.957 bits per heavy atom. The first-order valence-electron chi connectivity index (χ1n) is 7.42. The predicted molar refractivity (Wildman–Crippen MR) is 101 cm³/mol. The Bertz CT molecular complexity index is 278. The molecule has 1 unspecified atom stereocenters. The van der Waals surface area contributed by atoms with Gasteiger partial charge in [0.05, 0.1) is 58.7 Å². The van der Waals surface area contributed by atoms with Crippen molar-refractivity contribution in [2.45, 2.75) is 5.25 Å². The largest absolute Gasteiger partial charge is 0.378 e. The second kappa shape index (κ2) is 18.8. The summed E-state index contributed by atoms with van der Waals surface area (Å²) in [5, 5.41) is 3.50. The van der Waals surface area contributed by atoms with E-state index in [9.17, 15) is 4.79 Å². The highest BCUT2D eigenvalue weighted by molar-refractivity contribution is 9.09. The zero-order valence-corrected chi connectivity index (χ0v) is 17.1. The van der Waals surface area contributed by atoms with Crippen molar-refractivity contribution in [2.24, 2.45) is 0 Å². The van der Waals surface area contributed by atoms with Crippen LogP contribution in [-0.4, -0.2) is 87.7 Å². The summed E-state index contributed by atoms with van der Waals surface area (Å²) in [6, 6.07) is 0. The van der Waals surface area contributed by atoms with E-state index in [1.165, 1.54) is 11.8 Å². The van der Waals surface area contributed by atoms with Crippen molar-refractivity contribution in [1.82, 2.24) is 5.32 Å². The van der Waals surface area contributed by atoms with Gasteiger partial charge in [-0.2, -0.15) is 0 Å². The van der Waals surface area contributed by atoms with E-state index < -0.39 is 0 Å². The number of ether oxygens (including phenoxy) is 4. The van der Waals surface area contributed by atoms with E-state index in [0.29, 0.717) is 58.7 Å². The summed E-state index contributed by atoms with van der Waals surface area (Å²) < 4.78 is 21.5. The van der Waals surface area contributed by atoms with E-state index in [0.717, 1.165) is 5.33 Å². The highest BCUT2D eigenvalue weighted by Gasteiger charge is 2.16. The fourth-order valence-electron chi connectivity index (χ4n) is 1.41. The Morgan fingerprint density at radius 3 is 1.96 bits per heavy atom. The molecule has 6 nitrogen and oxygen atoms in total. The zero-order valence-electron chi connectivity index (χ0n) is 13.9. The minimum Gasteiger partial charge on any atom is -0.378 e. The number of rotatable bonds is 17. The number of nitrogens with one attached hydrogen (secondary N) is 1. The molecule has 0 aliphatic carbocycles. The lowest BCUT2D eigenvalue weighted by molar-refractivity contribution is -0.121. The van der Waals surface area contributed by atoms with E-state index >= 15 is 0 Å². The van der Waals surface area contributed by atoms with Crippen LogP contribution in [0.1, 0.15) is 0 Å². The van der Waals surface area contributed by atoms with Gasteiger partial charge in [-0.25, -0.2) is 0 Å². The van der Waals surface area contributed by atoms with E-state index in [1.807, 2.05) is 12.5 Å². The van der Waals surface area contributed by atoms with Crippen LogP contribution in [-0.2, 0) is 23.7 Å². The van der Waals surface area contributed by atoms with Crippen molar-refractivity contribution in [3.05, 3.63) is 0 Å². The van der Waals surface area contributed by atoms with Gasteiger partial charge in [0, 0.05) is 5.33 Å². The third-order valence-electron chi connectivity index (χ3n) is 2.57. The fraction of sp³-hybridized carbons (Fsp3) is 0.929. The number of alkyl halides is 1. The Balaban J connectivity index is 3.35. The van der Waals surface area contributed by atoms with Crippen molar-refractivity contribution in [3.8, 4) is 0 Å². The van der Waals surface area contributed by atoms with Crippen LogP contribution in [0.2, 0.25) is 0 Å². The van der Waals surface area contributed by atoms with Gasteiger partial charge in [0.2, 0.25) is 5.91 Å². The fourth-order valence-corrected chi connectivity index (χ4v) is 2.46. The maximum Gasteiger partial charge on any atom is 0.236 e. The lowest BCUT2D eigenvalue weighted by Crippen LogP contribution is -2.35. The Morgan fingerprint density at radius 2 is 1.48 bits per heavy atom. The second-order valence-corrected chi connectivity index (χ2v) is 7.00. The van der Waals surface area contributed by atoms with Crippen LogP contribution < -0.4 is 5.32 Å². The molecule has 1 N–H and O–H groups in total. The van der Waals surface area contributed by atoms with E-state index in [4.69, 9.17) is 18.9 Å². The summed E-state index contributed by atoms with van der Waals surface area (Å²) in [7, 11) is 0. The SMILES string of the molecule is CSCNC(=O)C(COCCOCCOCCOCCBr)SC. The third-order valence-corrected chi connectivity index (χ3v) is 4.25. The predicted octanol–water partition coefficient (Wildman–Crippen LogP) is 1.62. The van der Waals surface area contributed by atoms with Gasteiger partial charge >= 0.3 is 0 Å². The number of halogens is 1. The van der Waals surface area contributed by atoms with Crippen LogP contribution in [0.15, 0.2) is 0 Å². The molecule has 0 aliphatic heterocycles. The van der Waals surface area contributed by atoms with Gasteiger partial charge in [-0.15, -0.1) is 23.5 Å². The Labute approximate surface area is 156 Å².